The Morgan fingerprint density at radius 2 is 1.91 bits per heavy atom. The molecular formula is C25H16ClFN4O3. The van der Waals surface area contributed by atoms with Crippen LogP contribution in [0, 0.1) is 24.1 Å². The Kier molecular flexibility index (Phi) is 6.39. The number of halogens is 2. The summed E-state index contributed by atoms with van der Waals surface area (Å²) in [5, 5.41) is 12.4. The number of benzene rings is 2. The van der Waals surface area contributed by atoms with E-state index >= 15 is 0 Å². The van der Waals surface area contributed by atoms with E-state index < -0.39 is 22.9 Å². The lowest BCUT2D eigenvalue weighted by molar-refractivity contribution is -0.112. The second-order valence-electron chi connectivity index (χ2n) is 7.16. The fraction of sp³-hybridized carbons (Fsp3) is 0.0400. The van der Waals surface area contributed by atoms with Crippen LogP contribution in [0.5, 0.6) is 11.6 Å². The number of pyridine rings is 1. The highest BCUT2D eigenvalue weighted by Crippen LogP contribution is 2.27. The van der Waals surface area contributed by atoms with Gasteiger partial charge >= 0.3 is 0 Å². The van der Waals surface area contributed by atoms with Gasteiger partial charge in [0.05, 0.1) is 10.7 Å². The summed E-state index contributed by atoms with van der Waals surface area (Å²) in [6.07, 6.45) is 2.56. The first-order valence-electron chi connectivity index (χ1n) is 10.0. The molecule has 0 fully saturated rings. The highest BCUT2D eigenvalue weighted by atomic mass is 35.5. The zero-order valence-corrected chi connectivity index (χ0v) is 18.5. The summed E-state index contributed by atoms with van der Waals surface area (Å²) >= 11 is 6.08. The highest BCUT2D eigenvalue weighted by molar-refractivity contribution is 6.34. The van der Waals surface area contributed by atoms with Crippen molar-refractivity contribution in [2.24, 2.45) is 0 Å². The Bertz CT molecular complexity index is 1560. The standard InChI is InChI=1S/C25H16ClFN4O3/c1-15-7-6-12-31-22(15)30-24(34-21-11-5-3-9-19(21)27)17(25(31)33)13-16(14-28)23(32)29-20-10-4-2-8-18(20)26/h2-13H,1H3,(H,29,32)/b16-13-. The average Bonchev–Trinajstić information content (AvgIpc) is 2.82. The van der Waals surface area contributed by atoms with Gasteiger partial charge in [-0.25, -0.2) is 4.39 Å². The third-order valence-electron chi connectivity index (χ3n) is 4.87. The molecule has 0 aliphatic rings. The van der Waals surface area contributed by atoms with Gasteiger partial charge in [-0.05, 0) is 48.9 Å². The first-order chi connectivity index (χ1) is 16.4. The minimum absolute atomic E-state index is 0.166. The first kappa shape index (κ1) is 22.7. The number of carbonyl (C=O) groups excluding carboxylic acids is 1. The quantitative estimate of drug-likeness (QED) is 0.319. The van der Waals surface area contributed by atoms with E-state index in [0.29, 0.717) is 11.3 Å². The summed E-state index contributed by atoms with van der Waals surface area (Å²) in [7, 11) is 0. The second-order valence-corrected chi connectivity index (χ2v) is 7.56. The van der Waals surface area contributed by atoms with Crippen molar-refractivity contribution in [2.75, 3.05) is 5.32 Å². The molecule has 2 aromatic heterocycles. The average molecular weight is 475 g/mol. The Labute approximate surface area is 198 Å². The molecule has 2 heterocycles. The monoisotopic (exact) mass is 474 g/mol. The number of rotatable bonds is 5. The third-order valence-corrected chi connectivity index (χ3v) is 5.20. The molecule has 168 valence electrons. The van der Waals surface area contributed by atoms with Gasteiger partial charge in [0.2, 0.25) is 5.88 Å². The lowest BCUT2D eigenvalue weighted by Crippen LogP contribution is -2.21. The van der Waals surface area contributed by atoms with Gasteiger partial charge < -0.3 is 10.1 Å². The highest BCUT2D eigenvalue weighted by Gasteiger charge is 2.19. The molecular weight excluding hydrogens is 459 g/mol. The summed E-state index contributed by atoms with van der Waals surface area (Å²) in [5.74, 6) is -1.87. The van der Waals surface area contributed by atoms with Crippen molar-refractivity contribution in [3.8, 4) is 17.7 Å². The molecule has 0 bridgehead atoms. The van der Waals surface area contributed by atoms with Crippen molar-refractivity contribution in [1.29, 1.82) is 5.26 Å². The summed E-state index contributed by atoms with van der Waals surface area (Å²) in [6, 6.07) is 17.3. The Hall–Kier alpha value is -4.48. The number of anilines is 1. The topological polar surface area (TPSA) is 96.5 Å². The molecule has 1 N–H and O–H groups in total. The van der Waals surface area contributed by atoms with Gasteiger partial charge in [-0.2, -0.15) is 10.2 Å². The molecule has 0 aliphatic heterocycles. The van der Waals surface area contributed by atoms with Crippen molar-refractivity contribution in [2.45, 2.75) is 6.92 Å². The Morgan fingerprint density at radius 3 is 2.65 bits per heavy atom. The summed E-state index contributed by atoms with van der Waals surface area (Å²) < 4.78 is 21.2. The zero-order chi connectivity index (χ0) is 24.2. The molecule has 1 amide bonds. The van der Waals surface area contributed by atoms with E-state index in [1.54, 1.807) is 55.5 Å². The van der Waals surface area contributed by atoms with E-state index in [0.717, 1.165) is 6.08 Å². The number of aryl methyl sites for hydroxylation is 1. The fourth-order valence-corrected chi connectivity index (χ4v) is 3.35. The molecule has 7 nitrogen and oxygen atoms in total. The maximum Gasteiger partial charge on any atom is 0.269 e. The van der Waals surface area contributed by atoms with E-state index in [9.17, 15) is 19.2 Å². The van der Waals surface area contributed by atoms with Gasteiger partial charge in [0.25, 0.3) is 11.5 Å². The fourth-order valence-electron chi connectivity index (χ4n) is 3.17. The lowest BCUT2D eigenvalue weighted by Gasteiger charge is -2.12. The SMILES string of the molecule is Cc1cccn2c(=O)c(/C=C(/C#N)C(=O)Nc3ccccc3Cl)c(Oc3ccccc3F)nc12. The molecule has 0 radical (unpaired) electrons. The minimum Gasteiger partial charge on any atom is -0.435 e. The molecule has 4 rings (SSSR count). The Balaban J connectivity index is 1.86. The Morgan fingerprint density at radius 1 is 1.18 bits per heavy atom. The van der Waals surface area contributed by atoms with Crippen LogP contribution in [0.3, 0.4) is 0 Å². The summed E-state index contributed by atoms with van der Waals surface area (Å²) in [5.41, 5.74) is 0.0583. The van der Waals surface area contributed by atoms with Crippen molar-refractivity contribution < 1.29 is 13.9 Å². The third kappa shape index (κ3) is 4.51. The number of carbonyl (C=O) groups is 1. The van der Waals surface area contributed by atoms with Crippen molar-refractivity contribution in [3.63, 3.8) is 0 Å². The number of amides is 1. The number of nitrogens with zero attached hydrogens (tertiary/aromatic N) is 3. The van der Waals surface area contributed by atoms with Crippen LogP contribution >= 0.6 is 11.6 Å². The van der Waals surface area contributed by atoms with E-state index in [1.807, 2.05) is 0 Å². The largest absolute Gasteiger partial charge is 0.435 e. The van der Waals surface area contributed by atoms with Gasteiger partial charge in [0.15, 0.2) is 11.6 Å². The van der Waals surface area contributed by atoms with Crippen LogP contribution < -0.4 is 15.6 Å². The predicted molar refractivity (Wildman–Crippen MR) is 126 cm³/mol. The van der Waals surface area contributed by atoms with E-state index in [-0.39, 0.29) is 27.9 Å². The molecule has 0 atom stereocenters. The van der Waals surface area contributed by atoms with Gasteiger partial charge in [0, 0.05) is 6.20 Å². The van der Waals surface area contributed by atoms with Crippen LogP contribution in [0.4, 0.5) is 10.1 Å². The van der Waals surface area contributed by atoms with Gasteiger partial charge in [-0.3, -0.25) is 14.0 Å². The van der Waals surface area contributed by atoms with E-state index in [4.69, 9.17) is 16.3 Å². The maximum absolute atomic E-state index is 14.3. The van der Waals surface area contributed by atoms with E-state index in [2.05, 4.69) is 10.3 Å². The van der Waals surface area contributed by atoms with Crippen LogP contribution in [0.25, 0.3) is 11.7 Å². The van der Waals surface area contributed by atoms with Crippen LogP contribution in [0.15, 0.2) is 77.2 Å². The second kappa shape index (κ2) is 9.57. The normalized spacial score (nSPS) is 11.2. The van der Waals surface area contributed by atoms with Crippen LogP contribution in [-0.2, 0) is 4.79 Å². The minimum atomic E-state index is -0.791. The number of para-hydroxylation sites is 2. The molecule has 0 saturated heterocycles. The molecule has 0 aliphatic carbocycles. The molecule has 34 heavy (non-hydrogen) atoms. The predicted octanol–water partition coefficient (Wildman–Crippen LogP) is 5.13. The number of nitriles is 1. The number of aromatic nitrogens is 2. The van der Waals surface area contributed by atoms with Crippen LogP contribution in [0.2, 0.25) is 5.02 Å². The molecule has 9 heteroatoms. The molecule has 2 aromatic carbocycles. The summed E-state index contributed by atoms with van der Waals surface area (Å²) in [4.78, 5) is 30.5. The molecule has 0 unspecified atom stereocenters. The zero-order valence-electron chi connectivity index (χ0n) is 17.8. The lowest BCUT2D eigenvalue weighted by atomic mass is 10.1. The maximum atomic E-state index is 14.3. The van der Waals surface area contributed by atoms with Crippen LogP contribution in [0.1, 0.15) is 11.1 Å². The van der Waals surface area contributed by atoms with Gasteiger partial charge in [0.1, 0.15) is 22.9 Å². The molecule has 0 saturated carbocycles. The first-order valence-corrected chi connectivity index (χ1v) is 10.4. The number of hydrogen-bond donors (Lipinski definition) is 1. The number of ether oxygens (including phenoxy) is 1. The molecule has 4 aromatic rings. The van der Waals surface area contributed by atoms with Gasteiger partial charge in [-0.15, -0.1) is 0 Å². The number of nitrogens with one attached hydrogen (secondary N) is 1. The number of hydrogen-bond acceptors (Lipinski definition) is 5. The van der Waals surface area contributed by atoms with Crippen molar-refractivity contribution >= 4 is 34.9 Å². The van der Waals surface area contributed by atoms with Gasteiger partial charge in [-0.1, -0.05) is 41.9 Å². The van der Waals surface area contributed by atoms with Crippen molar-refractivity contribution in [1.82, 2.24) is 9.38 Å². The smallest absolute Gasteiger partial charge is 0.269 e. The van der Waals surface area contributed by atoms with Crippen LogP contribution in [-0.4, -0.2) is 15.3 Å². The molecule has 0 spiro atoms. The summed E-state index contributed by atoms with van der Waals surface area (Å²) in [6.45, 7) is 1.75. The number of fused-ring (bicyclic) bond motifs is 1. The van der Waals surface area contributed by atoms with Crippen molar-refractivity contribution in [3.05, 3.63) is 105 Å². The van der Waals surface area contributed by atoms with E-state index in [1.165, 1.54) is 28.8 Å².